The van der Waals surface area contributed by atoms with Gasteiger partial charge in [0, 0.05) is 11.3 Å². The maximum atomic E-state index is 12.4. The number of aliphatic carboxylic acids is 1. The van der Waals surface area contributed by atoms with E-state index in [0.29, 0.717) is 11.3 Å². The molecule has 3 N–H and O–H groups in total. The molecule has 0 heterocycles. The van der Waals surface area contributed by atoms with E-state index in [4.69, 9.17) is 5.11 Å². The van der Waals surface area contributed by atoms with Gasteiger partial charge in [-0.2, -0.15) is 4.72 Å². The van der Waals surface area contributed by atoms with Crippen LogP contribution in [0.15, 0.2) is 53.4 Å². The minimum Gasteiger partial charge on any atom is -0.480 e. The summed E-state index contributed by atoms with van der Waals surface area (Å²) < 4.78 is 26.0. The third kappa shape index (κ3) is 7.61. The zero-order chi connectivity index (χ0) is 22.0. The summed E-state index contributed by atoms with van der Waals surface area (Å²) in [4.78, 5) is 22.9. The number of unbranched alkanes of at least 4 members (excludes halogenated alkanes) is 4. The first-order valence-corrected chi connectivity index (χ1v) is 11.5. The van der Waals surface area contributed by atoms with Gasteiger partial charge in [-0.25, -0.2) is 8.42 Å². The van der Waals surface area contributed by atoms with Gasteiger partial charge in [0.1, 0.15) is 6.54 Å². The number of aryl methyl sites for hydroxylation is 1. The standard InChI is InChI=1S/C22H28N2O5S/c1-2-3-4-5-6-7-17-8-10-18(11-9-17)22(27)24-19-12-14-20(15-13-19)30(28,29)23-16-21(25)26/h8-15,23H,2-7,16H2,1H3,(H,24,27)(H,25,26). The topological polar surface area (TPSA) is 113 Å². The van der Waals surface area contributed by atoms with Gasteiger partial charge in [0.25, 0.3) is 5.91 Å². The molecular formula is C22H28N2O5S. The first-order valence-electron chi connectivity index (χ1n) is 10.0. The predicted octanol–water partition coefficient (Wildman–Crippen LogP) is 3.81. The highest BCUT2D eigenvalue weighted by atomic mass is 32.2. The van der Waals surface area contributed by atoms with Crippen molar-refractivity contribution >= 4 is 27.6 Å². The lowest BCUT2D eigenvalue weighted by Crippen LogP contribution is -2.29. The number of anilines is 1. The van der Waals surface area contributed by atoms with E-state index in [2.05, 4.69) is 12.2 Å². The van der Waals surface area contributed by atoms with Crippen LogP contribution in [0.1, 0.15) is 54.9 Å². The van der Waals surface area contributed by atoms with Crippen molar-refractivity contribution in [1.29, 1.82) is 0 Å². The van der Waals surface area contributed by atoms with Crippen molar-refractivity contribution in [3.63, 3.8) is 0 Å². The molecule has 7 nitrogen and oxygen atoms in total. The lowest BCUT2D eigenvalue weighted by atomic mass is 10.0. The normalized spacial score (nSPS) is 11.2. The number of nitrogens with one attached hydrogen (secondary N) is 2. The Morgan fingerprint density at radius 1 is 0.900 bits per heavy atom. The van der Waals surface area contributed by atoms with Crippen LogP contribution in [0.5, 0.6) is 0 Å². The fraction of sp³-hybridized carbons (Fsp3) is 0.364. The highest BCUT2D eigenvalue weighted by molar-refractivity contribution is 7.89. The van der Waals surface area contributed by atoms with Gasteiger partial charge in [0.05, 0.1) is 4.90 Å². The number of carboxylic acid groups (broad SMARTS) is 1. The minimum absolute atomic E-state index is 0.0787. The average molecular weight is 433 g/mol. The maximum absolute atomic E-state index is 12.4. The number of hydrogen-bond acceptors (Lipinski definition) is 4. The molecule has 0 radical (unpaired) electrons. The van der Waals surface area contributed by atoms with E-state index < -0.39 is 22.5 Å². The van der Waals surface area contributed by atoms with Crippen molar-refractivity contribution in [3.8, 4) is 0 Å². The van der Waals surface area contributed by atoms with Crippen LogP contribution in [0, 0.1) is 0 Å². The Morgan fingerprint density at radius 2 is 1.53 bits per heavy atom. The highest BCUT2D eigenvalue weighted by Gasteiger charge is 2.15. The lowest BCUT2D eigenvalue weighted by Gasteiger charge is -2.08. The molecule has 0 aromatic heterocycles. The molecule has 0 saturated carbocycles. The van der Waals surface area contributed by atoms with Gasteiger partial charge in [-0.1, -0.05) is 44.7 Å². The van der Waals surface area contributed by atoms with Crippen molar-refractivity contribution in [2.45, 2.75) is 50.3 Å². The molecule has 8 heteroatoms. The summed E-state index contributed by atoms with van der Waals surface area (Å²) in [7, 11) is -3.91. The summed E-state index contributed by atoms with van der Waals surface area (Å²) in [5.41, 5.74) is 2.16. The number of carbonyl (C=O) groups excluding carboxylic acids is 1. The monoisotopic (exact) mass is 432 g/mol. The third-order valence-electron chi connectivity index (χ3n) is 4.62. The molecule has 162 valence electrons. The first-order chi connectivity index (χ1) is 14.3. The van der Waals surface area contributed by atoms with Gasteiger partial charge in [-0.05, 0) is 54.8 Å². The number of amides is 1. The Kier molecular flexibility index (Phi) is 9.01. The zero-order valence-electron chi connectivity index (χ0n) is 17.1. The molecule has 0 bridgehead atoms. The van der Waals surface area contributed by atoms with E-state index in [0.717, 1.165) is 12.8 Å². The second-order valence-electron chi connectivity index (χ2n) is 7.06. The number of benzene rings is 2. The molecule has 2 aromatic rings. The van der Waals surface area contributed by atoms with Gasteiger partial charge in [0.2, 0.25) is 10.0 Å². The summed E-state index contributed by atoms with van der Waals surface area (Å²) in [6, 6.07) is 13.0. The van der Waals surface area contributed by atoms with Crippen LogP contribution in [0.3, 0.4) is 0 Å². The van der Waals surface area contributed by atoms with E-state index in [-0.39, 0.29) is 10.8 Å². The lowest BCUT2D eigenvalue weighted by molar-refractivity contribution is -0.135. The van der Waals surface area contributed by atoms with Crippen LogP contribution in [0.4, 0.5) is 5.69 Å². The number of carbonyl (C=O) groups is 2. The Balaban J connectivity index is 1.90. The van der Waals surface area contributed by atoms with Gasteiger partial charge >= 0.3 is 5.97 Å². The summed E-state index contributed by atoms with van der Waals surface area (Å²) in [5.74, 6) is -1.56. The summed E-state index contributed by atoms with van der Waals surface area (Å²) >= 11 is 0. The van der Waals surface area contributed by atoms with Gasteiger partial charge in [-0.3, -0.25) is 9.59 Å². The number of sulfonamides is 1. The van der Waals surface area contributed by atoms with Gasteiger partial charge in [-0.15, -0.1) is 0 Å². The van der Waals surface area contributed by atoms with Crippen molar-refractivity contribution in [2.75, 3.05) is 11.9 Å². The van der Waals surface area contributed by atoms with Crippen LogP contribution >= 0.6 is 0 Å². The molecule has 0 spiro atoms. The Morgan fingerprint density at radius 3 is 2.13 bits per heavy atom. The molecule has 2 aromatic carbocycles. The van der Waals surface area contributed by atoms with E-state index in [1.165, 1.54) is 55.5 Å². The highest BCUT2D eigenvalue weighted by Crippen LogP contribution is 2.16. The van der Waals surface area contributed by atoms with Crippen molar-refractivity contribution in [3.05, 3.63) is 59.7 Å². The minimum atomic E-state index is -3.91. The molecule has 0 unspecified atom stereocenters. The van der Waals surface area contributed by atoms with Crippen LogP contribution < -0.4 is 10.0 Å². The number of rotatable bonds is 12. The van der Waals surface area contributed by atoms with Crippen LogP contribution in [0.2, 0.25) is 0 Å². The van der Waals surface area contributed by atoms with Crippen LogP contribution in [-0.2, 0) is 21.2 Å². The molecule has 0 saturated heterocycles. The molecule has 2 rings (SSSR count). The van der Waals surface area contributed by atoms with Crippen molar-refractivity contribution in [2.24, 2.45) is 0 Å². The Labute approximate surface area is 177 Å². The second kappa shape index (κ2) is 11.5. The average Bonchev–Trinajstić information content (AvgIpc) is 2.73. The van der Waals surface area contributed by atoms with E-state index in [1.54, 1.807) is 12.1 Å². The van der Waals surface area contributed by atoms with Crippen LogP contribution in [0.25, 0.3) is 0 Å². The van der Waals surface area contributed by atoms with Gasteiger partial charge in [0.15, 0.2) is 0 Å². The summed E-state index contributed by atoms with van der Waals surface area (Å²) in [6.07, 6.45) is 7.11. The van der Waals surface area contributed by atoms with E-state index >= 15 is 0 Å². The smallest absolute Gasteiger partial charge is 0.318 e. The molecule has 1 amide bonds. The molecule has 0 atom stereocenters. The van der Waals surface area contributed by atoms with E-state index in [9.17, 15) is 18.0 Å². The Hall–Kier alpha value is -2.71. The summed E-state index contributed by atoms with van der Waals surface area (Å²) in [6.45, 7) is 1.50. The largest absolute Gasteiger partial charge is 0.480 e. The molecule has 0 aliphatic heterocycles. The molecule has 30 heavy (non-hydrogen) atoms. The Bertz CT molecular complexity index is 938. The molecule has 0 aliphatic rings. The zero-order valence-corrected chi connectivity index (χ0v) is 17.9. The third-order valence-corrected chi connectivity index (χ3v) is 6.04. The first kappa shape index (κ1) is 23.6. The molecule has 0 aliphatic carbocycles. The SMILES string of the molecule is CCCCCCCc1ccc(C(=O)Nc2ccc(S(=O)(=O)NCC(=O)O)cc2)cc1. The molecular weight excluding hydrogens is 404 g/mol. The van der Waals surface area contributed by atoms with Crippen molar-refractivity contribution < 1.29 is 23.1 Å². The van der Waals surface area contributed by atoms with Crippen LogP contribution in [-0.4, -0.2) is 31.9 Å². The van der Waals surface area contributed by atoms with E-state index in [1.807, 2.05) is 16.9 Å². The second-order valence-corrected chi connectivity index (χ2v) is 8.82. The maximum Gasteiger partial charge on any atom is 0.318 e. The number of hydrogen-bond donors (Lipinski definition) is 3. The molecule has 0 fully saturated rings. The quantitative estimate of drug-likeness (QED) is 0.442. The fourth-order valence-electron chi connectivity index (χ4n) is 2.92. The van der Waals surface area contributed by atoms with Crippen molar-refractivity contribution in [1.82, 2.24) is 4.72 Å². The number of carboxylic acids is 1. The summed E-state index contributed by atoms with van der Waals surface area (Å²) in [5, 5.41) is 11.3. The predicted molar refractivity (Wildman–Crippen MR) is 116 cm³/mol. The van der Waals surface area contributed by atoms with Gasteiger partial charge < -0.3 is 10.4 Å². The fourth-order valence-corrected chi connectivity index (χ4v) is 3.89.